The number of nitrogens with one attached hydrogen (secondary N) is 1. The Bertz CT molecular complexity index is 1390. The van der Waals surface area contributed by atoms with Gasteiger partial charge in [-0.3, -0.25) is 4.79 Å². The van der Waals surface area contributed by atoms with Gasteiger partial charge in [-0.2, -0.15) is 9.98 Å². The van der Waals surface area contributed by atoms with Crippen LogP contribution in [-0.2, 0) is 34.3 Å². The Morgan fingerprint density at radius 1 is 1.14 bits per heavy atom. The summed E-state index contributed by atoms with van der Waals surface area (Å²) in [6, 6.07) is 14.6. The lowest BCUT2D eigenvalue weighted by molar-refractivity contribution is -0.134. The SMILES string of the molecule is N#Cc1cccn1CCC(NS(=O)(=O)c1cc(Cl)c(N)c(Cl)c1)C(=O)N1CCc2ccccc2C1. The highest BCUT2D eigenvalue weighted by Gasteiger charge is 2.31. The van der Waals surface area contributed by atoms with E-state index in [9.17, 15) is 18.5 Å². The third-order valence-corrected chi connectivity index (χ3v) is 8.08. The summed E-state index contributed by atoms with van der Waals surface area (Å²) in [4.78, 5) is 15.0. The van der Waals surface area contributed by atoms with Crippen LogP contribution in [0.15, 0.2) is 59.6 Å². The number of amides is 1. The van der Waals surface area contributed by atoms with Gasteiger partial charge in [-0.15, -0.1) is 0 Å². The largest absolute Gasteiger partial charge is 0.396 e. The zero-order chi connectivity index (χ0) is 25.2. The van der Waals surface area contributed by atoms with Gasteiger partial charge in [-0.25, -0.2) is 8.42 Å². The van der Waals surface area contributed by atoms with Crippen molar-refractivity contribution in [3.05, 3.63) is 81.6 Å². The number of hydrogen-bond acceptors (Lipinski definition) is 5. The lowest BCUT2D eigenvalue weighted by Gasteiger charge is -2.32. The Kier molecular flexibility index (Phi) is 7.38. The molecule has 2 aromatic carbocycles. The number of carbonyl (C=O) groups is 1. The maximum atomic E-state index is 13.6. The fourth-order valence-corrected chi connectivity index (χ4v) is 5.98. The van der Waals surface area contributed by atoms with E-state index in [0.29, 0.717) is 25.2 Å². The normalized spacial score (nSPS) is 14.3. The minimum absolute atomic E-state index is 0.000563. The minimum Gasteiger partial charge on any atom is -0.396 e. The van der Waals surface area contributed by atoms with Crippen molar-refractivity contribution < 1.29 is 13.2 Å². The quantitative estimate of drug-likeness (QED) is 0.451. The van der Waals surface area contributed by atoms with Crippen molar-refractivity contribution in [3.8, 4) is 6.07 Å². The monoisotopic (exact) mass is 531 g/mol. The van der Waals surface area contributed by atoms with Gasteiger partial charge in [-0.05, 0) is 48.2 Å². The molecule has 0 saturated heterocycles. The van der Waals surface area contributed by atoms with Crippen molar-refractivity contribution in [1.82, 2.24) is 14.2 Å². The zero-order valence-electron chi connectivity index (χ0n) is 18.6. The Morgan fingerprint density at radius 3 is 2.51 bits per heavy atom. The Balaban J connectivity index is 1.61. The first kappa shape index (κ1) is 25.1. The molecule has 182 valence electrons. The molecule has 0 aliphatic carbocycles. The number of hydrogen-bond donors (Lipinski definition) is 2. The second kappa shape index (κ2) is 10.3. The van der Waals surface area contributed by atoms with Gasteiger partial charge in [0.15, 0.2) is 0 Å². The molecule has 8 nitrogen and oxygen atoms in total. The van der Waals surface area contributed by atoms with Crippen LogP contribution >= 0.6 is 23.2 Å². The van der Waals surface area contributed by atoms with Crippen LogP contribution in [0.3, 0.4) is 0 Å². The molecule has 35 heavy (non-hydrogen) atoms. The molecule has 1 aromatic heterocycles. The van der Waals surface area contributed by atoms with Gasteiger partial charge in [0.1, 0.15) is 17.8 Å². The van der Waals surface area contributed by atoms with Crippen molar-refractivity contribution in [3.63, 3.8) is 0 Å². The standard InChI is InChI=1S/C24H23Cl2N5O3S/c25-20-12-19(13-21(26)23(20)28)35(33,34)29-22(8-11-30-9-3-6-18(30)14-27)24(32)31-10-7-16-4-1-2-5-17(16)15-31/h1-6,9,12-13,22,29H,7-8,10-11,15,28H2. The fourth-order valence-electron chi connectivity index (χ4n) is 4.09. The van der Waals surface area contributed by atoms with Crippen LogP contribution in [0.4, 0.5) is 5.69 Å². The van der Waals surface area contributed by atoms with Crippen LogP contribution in [0.5, 0.6) is 0 Å². The molecule has 1 aliphatic heterocycles. The van der Waals surface area contributed by atoms with Gasteiger partial charge in [0, 0.05) is 25.8 Å². The molecule has 11 heteroatoms. The summed E-state index contributed by atoms with van der Waals surface area (Å²) < 4.78 is 30.7. The lowest BCUT2D eigenvalue weighted by atomic mass is 9.99. The van der Waals surface area contributed by atoms with Crippen molar-refractivity contribution >= 4 is 44.8 Å². The van der Waals surface area contributed by atoms with Gasteiger partial charge in [-0.1, -0.05) is 47.5 Å². The van der Waals surface area contributed by atoms with Gasteiger partial charge in [0.25, 0.3) is 0 Å². The molecule has 3 N–H and O–H groups in total. The zero-order valence-corrected chi connectivity index (χ0v) is 20.9. The maximum absolute atomic E-state index is 13.6. The molecule has 0 spiro atoms. The number of nitrogens with two attached hydrogens (primary N) is 1. The molecule has 4 rings (SSSR count). The van der Waals surface area contributed by atoms with Crippen molar-refractivity contribution in [2.45, 2.75) is 36.9 Å². The summed E-state index contributed by atoms with van der Waals surface area (Å²) >= 11 is 12.1. The number of nitrogen functional groups attached to an aromatic ring is 1. The number of nitrogens with zero attached hydrogens (tertiary/aromatic N) is 3. The molecule has 0 fully saturated rings. The average molecular weight is 532 g/mol. The van der Waals surface area contributed by atoms with Crippen LogP contribution in [-0.4, -0.2) is 36.4 Å². The maximum Gasteiger partial charge on any atom is 0.241 e. The average Bonchev–Trinajstić information content (AvgIpc) is 3.31. The van der Waals surface area contributed by atoms with Gasteiger partial charge < -0.3 is 15.2 Å². The number of nitriles is 1. The molecule has 3 aromatic rings. The third-order valence-electron chi connectivity index (χ3n) is 6.00. The predicted molar refractivity (Wildman–Crippen MR) is 134 cm³/mol. The van der Waals surface area contributed by atoms with Gasteiger partial charge >= 0.3 is 0 Å². The summed E-state index contributed by atoms with van der Waals surface area (Å²) in [5, 5.41) is 9.29. The van der Waals surface area contributed by atoms with Gasteiger partial charge in [0.2, 0.25) is 15.9 Å². The number of rotatable bonds is 7. The van der Waals surface area contributed by atoms with Crippen molar-refractivity contribution in [2.75, 3.05) is 12.3 Å². The smallest absolute Gasteiger partial charge is 0.241 e. The van der Waals surface area contributed by atoms with E-state index in [4.69, 9.17) is 28.9 Å². The van der Waals surface area contributed by atoms with Crippen LogP contribution in [0.25, 0.3) is 0 Å². The molecule has 1 atom stereocenters. The minimum atomic E-state index is -4.17. The van der Waals surface area contributed by atoms with Crippen LogP contribution < -0.4 is 10.5 Å². The number of benzene rings is 2. The van der Waals surface area contributed by atoms with Gasteiger partial charge in [0.05, 0.1) is 20.6 Å². The van der Waals surface area contributed by atoms with E-state index >= 15 is 0 Å². The second-order valence-corrected chi connectivity index (χ2v) is 10.8. The summed E-state index contributed by atoms with van der Waals surface area (Å²) in [5.74, 6) is -0.346. The molecule has 0 bridgehead atoms. The highest BCUT2D eigenvalue weighted by Crippen LogP contribution is 2.31. The highest BCUT2D eigenvalue weighted by atomic mass is 35.5. The number of anilines is 1. The molecule has 1 aliphatic rings. The topological polar surface area (TPSA) is 121 Å². The number of fused-ring (bicyclic) bond motifs is 1. The number of sulfonamides is 1. The van der Waals surface area contributed by atoms with E-state index in [0.717, 1.165) is 5.56 Å². The first-order chi connectivity index (χ1) is 16.7. The van der Waals surface area contributed by atoms with Crippen molar-refractivity contribution in [1.29, 1.82) is 5.26 Å². The lowest BCUT2D eigenvalue weighted by Crippen LogP contribution is -2.50. The molecule has 0 radical (unpaired) electrons. The van der Waals surface area contributed by atoms with E-state index in [1.807, 2.05) is 24.3 Å². The molecule has 1 unspecified atom stereocenters. The number of aryl methyl sites for hydroxylation is 1. The van der Waals surface area contributed by atoms with E-state index in [1.165, 1.54) is 17.7 Å². The molecule has 2 heterocycles. The number of halogens is 2. The summed E-state index contributed by atoms with van der Waals surface area (Å²) in [5.41, 5.74) is 8.44. The van der Waals surface area contributed by atoms with E-state index in [1.54, 1.807) is 27.8 Å². The molecule has 1 amide bonds. The van der Waals surface area contributed by atoms with Crippen LogP contribution in [0.2, 0.25) is 10.0 Å². The van der Waals surface area contributed by atoms with Crippen LogP contribution in [0.1, 0.15) is 23.2 Å². The fraction of sp³-hybridized carbons (Fsp3) is 0.250. The van der Waals surface area contributed by atoms with E-state index in [2.05, 4.69) is 10.8 Å². The molecular weight excluding hydrogens is 509 g/mol. The molecule has 0 saturated carbocycles. The van der Waals surface area contributed by atoms with E-state index < -0.39 is 16.1 Å². The Labute approximate surface area is 213 Å². The first-order valence-corrected chi connectivity index (χ1v) is 13.1. The number of carbonyl (C=O) groups excluding carboxylic acids is 1. The number of aromatic nitrogens is 1. The summed E-state index contributed by atoms with van der Waals surface area (Å²) in [6.07, 6.45) is 2.53. The predicted octanol–water partition coefficient (Wildman–Crippen LogP) is 3.57. The Morgan fingerprint density at radius 2 is 1.83 bits per heavy atom. The highest BCUT2D eigenvalue weighted by molar-refractivity contribution is 7.89. The third kappa shape index (κ3) is 5.46. The van der Waals surface area contributed by atoms with Crippen molar-refractivity contribution in [2.24, 2.45) is 0 Å². The second-order valence-electron chi connectivity index (χ2n) is 8.24. The Hall–Kier alpha value is -3.03. The molecular formula is C24H23Cl2N5O3S. The summed E-state index contributed by atoms with van der Waals surface area (Å²) in [6.45, 7) is 1.13. The first-order valence-electron chi connectivity index (χ1n) is 10.9. The van der Waals surface area contributed by atoms with E-state index in [-0.39, 0.29) is 39.5 Å². The summed E-state index contributed by atoms with van der Waals surface area (Å²) in [7, 11) is -4.17. The van der Waals surface area contributed by atoms with Crippen LogP contribution in [0, 0.1) is 11.3 Å².